The Kier molecular flexibility index (Phi) is 3.99. The fourth-order valence-electron chi connectivity index (χ4n) is 2.39. The van der Waals surface area contributed by atoms with Gasteiger partial charge in [-0.2, -0.15) is 0 Å². The summed E-state index contributed by atoms with van der Waals surface area (Å²) in [7, 11) is 0. The minimum atomic E-state index is -0.126. The molecular formula is C14H26O. The summed E-state index contributed by atoms with van der Waals surface area (Å²) in [6, 6.07) is 0. The minimum absolute atomic E-state index is 0.126. The van der Waals surface area contributed by atoms with E-state index in [9.17, 15) is 5.11 Å². The summed E-state index contributed by atoms with van der Waals surface area (Å²) in [4.78, 5) is 0. The van der Waals surface area contributed by atoms with Crippen molar-refractivity contribution in [3.8, 4) is 0 Å². The lowest BCUT2D eigenvalue weighted by Crippen LogP contribution is -2.28. The van der Waals surface area contributed by atoms with Gasteiger partial charge in [0.25, 0.3) is 0 Å². The summed E-state index contributed by atoms with van der Waals surface area (Å²) in [5.41, 5.74) is 1.78. The lowest BCUT2D eigenvalue weighted by atomic mass is 9.74. The molecule has 1 heteroatoms. The highest BCUT2D eigenvalue weighted by molar-refractivity contribution is 5.18. The van der Waals surface area contributed by atoms with Gasteiger partial charge in [0.05, 0.1) is 6.10 Å². The third kappa shape index (κ3) is 2.63. The molecule has 15 heavy (non-hydrogen) atoms. The zero-order chi connectivity index (χ0) is 11.6. The van der Waals surface area contributed by atoms with Crippen molar-refractivity contribution in [2.24, 2.45) is 17.3 Å². The predicted octanol–water partition coefficient (Wildman–Crippen LogP) is 3.78. The molecular weight excluding hydrogens is 184 g/mol. The maximum atomic E-state index is 10.1. The second kappa shape index (κ2) is 4.69. The summed E-state index contributed by atoms with van der Waals surface area (Å²) in [6.45, 7) is 11.1. The second-order valence-corrected chi connectivity index (χ2v) is 5.73. The van der Waals surface area contributed by atoms with Crippen LogP contribution < -0.4 is 0 Å². The van der Waals surface area contributed by atoms with Crippen molar-refractivity contribution in [2.45, 2.75) is 60.0 Å². The SMILES string of the molecule is CCC(C)[C@@H](O)CC1CC=C(C)C1(C)C. The van der Waals surface area contributed by atoms with Gasteiger partial charge in [-0.25, -0.2) is 0 Å². The third-order valence-corrected chi connectivity index (χ3v) is 4.57. The summed E-state index contributed by atoms with van der Waals surface area (Å²) < 4.78 is 0. The van der Waals surface area contributed by atoms with Gasteiger partial charge in [0, 0.05) is 0 Å². The number of aliphatic hydroxyl groups excluding tert-OH is 1. The first-order valence-corrected chi connectivity index (χ1v) is 6.24. The Bertz CT molecular complexity index is 240. The molecule has 0 amide bonds. The van der Waals surface area contributed by atoms with Gasteiger partial charge in [0.1, 0.15) is 0 Å². The van der Waals surface area contributed by atoms with Gasteiger partial charge in [-0.05, 0) is 37.0 Å². The molecule has 1 aliphatic rings. The van der Waals surface area contributed by atoms with E-state index < -0.39 is 0 Å². The first-order valence-electron chi connectivity index (χ1n) is 6.24. The monoisotopic (exact) mass is 210 g/mol. The predicted molar refractivity (Wildman–Crippen MR) is 65.7 cm³/mol. The standard InChI is InChI=1S/C14H26O/c1-6-10(2)13(15)9-12-8-7-11(3)14(12,4)5/h7,10,12-13,15H,6,8-9H2,1-5H3/t10?,12?,13-/m0/s1. The van der Waals surface area contributed by atoms with Crippen LogP contribution in [0.25, 0.3) is 0 Å². The number of aliphatic hydroxyl groups is 1. The zero-order valence-electron chi connectivity index (χ0n) is 10.9. The fourth-order valence-corrected chi connectivity index (χ4v) is 2.39. The van der Waals surface area contributed by atoms with Crippen LogP contribution in [0, 0.1) is 17.3 Å². The molecule has 0 aromatic heterocycles. The molecule has 0 aromatic rings. The molecule has 0 spiro atoms. The Hall–Kier alpha value is -0.300. The van der Waals surface area contributed by atoms with Crippen molar-refractivity contribution < 1.29 is 5.11 Å². The van der Waals surface area contributed by atoms with Crippen LogP contribution in [0.15, 0.2) is 11.6 Å². The average molecular weight is 210 g/mol. The molecule has 0 fully saturated rings. The van der Waals surface area contributed by atoms with Crippen molar-refractivity contribution in [3.05, 3.63) is 11.6 Å². The largest absolute Gasteiger partial charge is 0.393 e. The van der Waals surface area contributed by atoms with E-state index in [1.807, 2.05) is 0 Å². The lowest BCUT2D eigenvalue weighted by molar-refractivity contribution is 0.0700. The summed E-state index contributed by atoms with van der Waals surface area (Å²) in [5, 5.41) is 10.1. The molecule has 1 N–H and O–H groups in total. The third-order valence-electron chi connectivity index (χ3n) is 4.57. The van der Waals surface area contributed by atoms with E-state index in [0.29, 0.717) is 11.8 Å². The van der Waals surface area contributed by atoms with E-state index in [4.69, 9.17) is 0 Å². The molecule has 0 radical (unpaired) electrons. The number of rotatable bonds is 4. The first-order chi connectivity index (χ1) is 6.89. The number of allylic oxidation sites excluding steroid dienone is 2. The van der Waals surface area contributed by atoms with Gasteiger partial charge >= 0.3 is 0 Å². The molecule has 1 nitrogen and oxygen atoms in total. The Morgan fingerprint density at radius 1 is 1.53 bits per heavy atom. The van der Waals surface area contributed by atoms with Crippen LogP contribution in [0.2, 0.25) is 0 Å². The summed E-state index contributed by atoms with van der Waals surface area (Å²) >= 11 is 0. The van der Waals surface area contributed by atoms with Crippen molar-refractivity contribution >= 4 is 0 Å². The Labute approximate surface area is 94.6 Å². The van der Waals surface area contributed by atoms with Gasteiger partial charge in [0.2, 0.25) is 0 Å². The van der Waals surface area contributed by atoms with E-state index in [2.05, 4.69) is 40.7 Å². The van der Waals surface area contributed by atoms with Gasteiger partial charge in [0.15, 0.2) is 0 Å². The highest BCUT2D eigenvalue weighted by Crippen LogP contribution is 2.45. The molecule has 1 aliphatic carbocycles. The van der Waals surface area contributed by atoms with Crippen molar-refractivity contribution in [2.75, 3.05) is 0 Å². The maximum Gasteiger partial charge on any atom is 0.0568 e. The van der Waals surface area contributed by atoms with Crippen LogP contribution >= 0.6 is 0 Å². The average Bonchev–Trinajstić information content (AvgIpc) is 2.43. The van der Waals surface area contributed by atoms with E-state index in [-0.39, 0.29) is 11.5 Å². The highest BCUT2D eigenvalue weighted by Gasteiger charge is 2.36. The lowest BCUT2D eigenvalue weighted by Gasteiger charge is -2.32. The molecule has 1 rings (SSSR count). The minimum Gasteiger partial charge on any atom is -0.393 e. The molecule has 0 saturated carbocycles. The summed E-state index contributed by atoms with van der Waals surface area (Å²) in [6.07, 6.45) is 5.38. The maximum absolute atomic E-state index is 10.1. The normalized spacial score (nSPS) is 28.7. The van der Waals surface area contributed by atoms with Gasteiger partial charge in [-0.1, -0.05) is 45.8 Å². The van der Waals surface area contributed by atoms with E-state index in [0.717, 1.165) is 19.3 Å². The van der Waals surface area contributed by atoms with E-state index in [1.54, 1.807) is 0 Å². The van der Waals surface area contributed by atoms with Gasteiger partial charge in [-0.15, -0.1) is 0 Å². The highest BCUT2D eigenvalue weighted by atomic mass is 16.3. The molecule has 0 saturated heterocycles. The van der Waals surface area contributed by atoms with Crippen LogP contribution in [0.3, 0.4) is 0 Å². The Balaban J connectivity index is 2.55. The molecule has 88 valence electrons. The topological polar surface area (TPSA) is 20.2 Å². The number of hydrogen-bond acceptors (Lipinski definition) is 1. The molecule has 0 aliphatic heterocycles. The van der Waals surface area contributed by atoms with Crippen LogP contribution in [-0.4, -0.2) is 11.2 Å². The Morgan fingerprint density at radius 3 is 2.53 bits per heavy atom. The van der Waals surface area contributed by atoms with Crippen LogP contribution in [0.1, 0.15) is 53.9 Å². The molecule has 0 heterocycles. The van der Waals surface area contributed by atoms with Gasteiger partial charge < -0.3 is 5.11 Å². The second-order valence-electron chi connectivity index (χ2n) is 5.73. The molecule has 2 unspecified atom stereocenters. The van der Waals surface area contributed by atoms with Crippen LogP contribution in [0.5, 0.6) is 0 Å². The number of hydrogen-bond donors (Lipinski definition) is 1. The van der Waals surface area contributed by atoms with E-state index >= 15 is 0 Å². The first kappa shape index (κ1) is 12.8. The molecule has 0 bridgehead atoms. The van der Waals surface area contributed by atoms with Crippen molar-refractivity contribution in [1.29, 1.82) is 0 Å². The van der Waals surface area contributed by atoms with E-state index in [1.165, 1.54) is 5.57 Å². The Morgan fingerprint density at radius 2 is 2.13 bits per heavy atom. The zero-order valence-corrected chi connectivity index (χ0v) is 10.9. The van der Waals surface area contributed by atoms with Gasteiger partial charge in [-0.3, -0.25) is 0 Å². The molecule has 3 atom stereocenters. The van der Waals surface area contributed by atoms with Crippen LogP contribution in [-0.2, 0) is 0 Å². The fraction of sp³-hybridized carbons (Fsp3) is 0.857. The molecule has 0 aromatic carbocycles. The quantitative estimate of drug-likeness (QED) is 0.700. The van der Waals surface area contributed by atoms with Crippen molar-refractivity contribution in [1.82, 2.24) is 0 Å². The van der Waals surface area contributed by atoms with Crippen LogP contribution in [0.4, 0.5) is 0 Å². The smallest absolute Gasteiger partial charge is 0.0568 e. The summed E-state index contributed by atoms with van der Waals surface area (Å²) in [5.74, 6) is 1.06. The van der Waals surface area contributed by atoms with Crippen molar-refractivity contribution in [3.63, 3.8) is 0 Å².